The van der Waals surface area contributed by atoms with Crippen molar-refractivity contribution in [2.75, 3.05) is 13.2 Å². The molecule has 0 aliphatic heterocycles. The van der Waals surface area contributed by atoms with Gasteiger partial charge in [-0.1, -0.05) is 111 Å². The lowest BCUT2D eigenvalue weighted by Crippen LogP contribution is -2.29. The summed E-state index contributed by atoms with van der Waals surface area (Å²) in [5, 5.41) is 10.9. The second kappa shape index (κ2) is 15.2. The quantitative estimate of drug-likeness (QED) is 0.124. The molecule has 262 valence electrons. The summed E-state index contributed by atoms with van der Waals surface area (Å²) in [5.41, 5.74) is 5.66. The molecule has 51 heavy (non-hydrogen) atoms. The number of nitrogens with zero attached hydrogens (tertiary/aromatic N) is 1. The van der Waals surface area contributed by atoms with E-state index < -0.39 is 16.0 Å². The molecule has 0 radical (unpaired) electrons. The van der Waals surface area contributed by atoms with Gasteiger partial charge < -0.3 is 14.4 Å². The third kappa shape index (κ3) is 8.04. The highest BCUT2D eigenvalue weighted by molar-refractivity contribution is 7.89. The van der Waals surface area contributed by atoms with Crippen molar-refractivity contribution in [3.05, 3.63) is 166 Å². The van der Waals surface area contributed by atoms with Crippen LogP contribution in [0.3, 0.4) is 0 Å². The molecular weight excluding hydrogens is 680 g/mol. The van der Waals surface area contributed by atoms with E-state index in [-0.39, 0.29) is 28.5 Å². The molecular formula is C42H41ClN2O5S. The molecule has 2 N–H and O–H groups in total. The first kappa shape index (κ1) is 35.9. The van der Waals surface area contributed by atoms with Gasteiger partial charge in [-0.05, 0) is 76.2 Å². The van der Waals surface area contributed by atoms with Crippen LogP contribution in [0.1, 0.15) is 65.1 Å². The number of benzene rings is 5. The molecule has 1 heterocycles. The number of ether oxygens (including phenoxy) is 1. The summed E-state index contributed by atoms with van der Waals surface area (Å²) in [6.07, 6.45) is 0.887. The maximum Gasteiger partial charge on any atom is 0.335 e. The second-order valence-corrected chi connectivity index (χ2v) is 15.7. The molecule has 7 nitrogen and oxygen atoms in total. The van der Waals surface area contributed by atoms with Crippen molar-refractivity contribution in [3.63, 3.8) is 0 Å². The Hall–Kier alpha value is -4.89. The highest BCUT2D eigenvalue weighted by Gasteiger charge is 2.28. The maximum atomic E-state index is 13.9. The average molecular weight is 721 g/mol. The van der Waals surface area contributed by atoms with Crippen molar-refractivity contribution in [2.45, 2.75) is 50.0 Å². The van der Waals surface area contributed by atoms with E-state index >= 15 is 0 Å². The average Bonchev–Trinajstić information content (AvgIpc) is 3.40. The Kier molecular flexibility index (Phi) is 10.7. The van der Waals surface area contributed by atoms with Crippen LogP contribution in [0.5, 0.6) is 5.75 Å². The van der Waals surface area contributed by atoms with Crippen molar-refractivity contribution in [2.24, 2.45) is 0 Å². The summed E-state index contributed by atoms with van der Waals surface area (Å²) in [4.78, 5) is 11.6. The van der Waals surface area contributed by atoms with Crippen molar-refractivity contribution >= 4 is 38.5 Å². The first-order valence-corrected chi connectivity index (χ1v) is 18.8. The van der Waals surface area contributed by atoms with Gasteiger partial charge in [0.05, 0.1) is 23.1 Å². The number of rotatable bonds is 13. The summed E-state index contributed by atoms with van der Waals surface area (Å²) in [7, 11) is -3.84. The monoisotopic (exact) mass is 720 g/mol. The Morgan fingerprint density at radius 3 is 2.04 bits per heavy atom. The lowest BCUT2D eigenvalue weighted by Gasteiger charge is -2.25. The first-order chi connectivity index (χ1) is 24.4. The van der Waals surface area contributed by atoms with Crippen molar-refractivity contribution in [1.82, 2.24) is 9.29 Å². The molecule has 6 aromatic rings. The first-order valence-electron chi connectivity index (χ1n) is 16.9. The molecule has 0 atom stereocenters. The van der Waals surface area contributed by atoms with Gasteiger partial charge in [0, 0.05) is 41.0 Å². The van der Waals surface area contributed by atoms with Gasteiger partial charge in [-0.3, -0.25) is 0 Å². The Morgan fingerprint density at radius 1 is 0.824 bits per heavy atom. The smallest absolute Gasteiger partial charge is 0.335 e. The third-order valence-corrected chi connectivity index (χ3v) is 10.8. The molecule has 1 aromatic heterocycles. The number of carbonyl (C=O) groups is 1. The van der Waals surface area contributed by atoms with Gasteiger partial charge in [0.1, 0.15) is 5.75 Å². The molecule has 0 saturated heterocycles. The fraction of sp³-hybridized carbons (Fsp3) is 0.214. The minimum atomic E-state index is -3.84. The Morgan fingerprint density at radius 2 is 1.43 bits per heavy atom. The second-order valence-electron chi connectivity index (χ2n) is 13.5. The zero-order valence-corrected chi connectivity index (χ0v) is 30.4. The molecule has 0 bridgehead atoms. The summed E-state index contributed by atoms with van der Waals surface area (Å²) in [6.45, 7) is 6.48. The van der Waals surface area contributed by atoms with E-state index in [1.165, 1.54) is 12.1 Å². The van der Waals surface area contributed by atoms with E-state index in [1.54, 1.807) is 24.3 Å². The maximum absolute atomic E-state index is 13.9. The Labute approximate surface area is 304 Å². The highest BCUT2D eigenvalue weighted by atomic mass is 35.5. The molecule has 0 saturated carbocycles. The van der Waals surface area contributed by atoms with Crippen molar-refractivity contribution in [3.8, 4) is 5.75 Å². The van der Waals surface area contributed by atoms with E-state index in [1.807, 2.05) is 87.5 Å². The third-order valence-electron chi connectivity index (χ3n) is 9.03. The van der Waals surface area contributed by atoms with Crippen LogP contribution in [0.25, 0.3) is 10.9 Å². The van der Waals surface area contributed by atoms with Gasteiger partial charge in [0.25, 0.3) is 0 Å². The number of sulfonamides is 1. The van der Waals surface area contributed by atoms with Crippen LogP contribution >= 0.6 is 11.6 Å². The number of fused-ring (bicyclic) bond motifs is 1. The summed E-state index contributed by atoms with van der Waals surface area (Å²) < 4.78 is 39.1. The van der Waals surface area contributed by atoms with E-state index in [4.69, 9.17) is 16.3 Å². The van der Waals surface area contributed by atoms with Gasteiger partial charge in [0.2, 0.25) is 10.0 Å². The number of carboxylic acid groups (broad SMARTS) is 1. The van der Waals surface area contributed by atoms with Gasteiger partial charge in [-0.15, -0.1) is 0 Å². The Balaban J connectivity index is 1.44. The van der Waals surface area contributed by atoms with Crippen LogP contribution in [0, 0.1) is 0 Å². The minimum absolute atomic E-state index is 0.158. The molecule has 0 aliphatic rings. The molecule has 0 aliphatic carbocycles. The number of aromatic carboxylic acids is 1. The van der Waals surface area contributed by atoms with Gasteiger partial charge in [0.15, 0.2) is 0 Å². The summed E-state index contributed by atoms with van der Waals surface area (Å²) in [5.74, 6) is -0.445. The van der Waals surface area contributed by atoms with Crippen LogP contribution < -0.4 is 9.46 Å². The predicted molar refractivity (Wildman–Crippen MR) is 204 cm³/mol. The van der Waals surface area contributed by atoms with E-state index in [0.717, 1.165) is 38.9 Å². The molecule has 0 amide bonds. The molecule has 0 unspecified atom stereocenters. The lowest BCUT2D eigenvalue weighted by molar-refractivity contribution is 0.0697. The summed E-state index contributed by atoms with van der Waals surface area (Å²) >= 11 is 6.64. The normalized spacial score (nSPS) is 12.0. The van der Waals surface area contributed by atoms with Crippen LogP contribution in [0.15, 0.2) is 132 Å². The zero-order chi connectivity index (χ0) is 36.2. The van der Waals surface area contributed by atoms with Crippen LogP contribution in [-0.4, -0.2) is 37.2 Å². The number of aromatic nitrogens is 1. The van der Waals surface area contributed by atoms with Gasteiger partial charge in [-0.25, -0.2) is 17.9 Å². The van der Waals surface area contributed by atoms with Crippen molar-refractivity contribution in [1.29, 1.82) is 0 Å². The van der Waals surface area contributed by atoms with Crippen LogP contribution in [0.4, 0.5) is 0 Å². The number of hydrogen-bond donors (Lipinski definition) is 2. The van der Waals surface area contributed by atoms with E-state index in [9.17, 15) is 18.3 Å². The van der Waals surface area contributed by atoms with Crippen molar-refractivity contribution < 1.29 is 23.1 Å². The fourth-order valence-corrected chi connectivity index (χ4v) is 8.30. The largest absolute Gasteiger partial charge is 0.493 e. The van der Waals surface area contributed by atoms with E-state index in [0.29, 0.717) is 30.2 Å². The highest BCUT2D eigenvalue weighted by Crippen LogP contribution is 2.38. The number of halogens is 1. The summed E-state index contributed by atoms with van der Waals surface area (Å²) in [6, 6.07) is 39.7. The Bertz CT molecular complexity index is 2210. The molecule has 0 spiro atoms. The number of carboxylic acids is 1. The van der Waals surface area contributed by atoms with Gasteiger partial charge in [-0.2, -0.15) is 0 Å². The molecule has 6 rings (SSSR count). The predicted octanol–water partition coefficient (Wildman–Crippen LogP) is 9.07. The standard InChI is InChI=1S/C42H41ClN2O5S/c1-42(2,3)36-16-10-11-17-39(36)51(48,49)44-26-24-38-34(25-27-50-33-21-18-31(19-22-33)41(46)47)35-28-32(43)20-23-37(35)45(38)40(29-12-6-4-7-13-29)30-14-8-5-9-15-30/h4-23,28,40,44H,24-27H2,1-3H3,(H,46,47). The van der Waals surface area contributed by atoms with E-state index in [2.05, 4.69) is 33.6 Å². The number of nitrogens with one attached hydrogen (secondary N) is 1. The van der Waals surface area contributed by atoms with Gasteiger partial charge >= 0.3 is 5.97 Å². The minimum Gasteiger partial charge on any atom is -0.493 e. The topological polar surface area (TPSA) is 97.6 Å². The number of hydrogen-bond acceptors (Lipinski definition) is 4. The lowest BCUT2D eigenvalue weighted by atomic mass is 9.87. The molecule has 5 aromatic carbocycles. The molecule has 9 heteroatoms. The fourth-order valence-electron chi connectivity index (χ4n) is 6.68. The molecule has 0 fully saturated rings. The SMILES string of the molecule is CC(C)(C)c1ccccc1S(=O)(=O)NCCc1c(CCOc2ccc(C(=O)O)cc2)c2cc(Cl)ccc2n1C(c1ccccc1)c1ccccc1. The van der Waals surface area contributed by atoms with Crippen LogP contribution in [0.2, 0.25) is 5.02 Å². The van der Waals surface area contributed by atoms with Crippen LogP contribution in [-0.2, 0) is 28.3 Å². The zero-order valence-electron chi connectivity index (χ0n) is 28.8.